The number of nitrogens with one attached hydrogen (secondary N) is 1. The lowest BCUT2D eigenvalue weighted by atomic mass is 10.2. The van der Waals surface area contributed by atoms with Gasteiger partial charge in [-0.1, -0.05) is 24.3 Å². The molecule has 1 N–H and O–H groups in total. The number of carbonyl (C=O) groups is 1. The van der Waals surface area contributed by atoms with Crippen LogP contribution in [0.1, 0.15) is 12.0 Å². The molecule has 0 aliphatic carbocycles. The maximum Gasteiger partial charge on any atom is 0.262 e. The van der Waals surface area contributed by atoms with Crippen LogP contribution in [0.15, 0.2) is 59.5 Å². The lowest BCUT2D eigenvalue weighted by molar-refractivity contribution is -0.129. The monoisotopic (exact) mass is 372 g/mol. The molecule has 0 atom stereocenters. The highest BCUT2D eigenvalue weighted by atomic mass is 32.2. The van der Waals surface area contributed by atoms with Gasteiger partial charge in [0.15, 0.2) is 0 Å². The molecule has 1 aliphatic heterocycles. The maximum absolute atomic E-state index is 12.5. The highest BCUT2D eigenvalue weighted by Gasteiger charge is 2.18. The molecule has 0 saturated carbocycles. The van der Waals surface area contributed by atoms with Gasteiger partial charge in [-0.25, -0.2) is 8.42 Å². The van der Waals surface area contributed by atoms with Crippen LogP contribution in [0.2, 0.25) is 0 Å². The van der Waals surface area contributed by atoms with Crippen LogP contribution >= 0.6 is 0 Å². The normalized spacial score (nSPS) is 14.1. The first-order valence-electron chi connectivity index (χ1n) is 8.22. The number of carbonyl (C=O) groups excluding carboxylic acids is 1. The molecule has 1 aliphatic rings. The van der Waals surface area contributed by atoms with E-state index >= 15 is 0 Å². The van der Waals surface area contributed by atoms with Crippen molar-refractivity contribution in [2.75, 3.05) is 24.9 Å². The zero-order chi connectivity index (χ0) is 18.6. The van der Waals surface area contributed by atoms with E-state index in [2.05, 4.69) is 4.72 Å². The van der Waals surface area contributed by atoms with Crippen LogP contribution in [-0.4, -0.2) is 39.4 Å². The minimum atomic E-state index is -3.73. The average molecular weight is 372 g/mol. The molecular formula is C19H20N2O4S. The zero-order valence-corrected chi connectivity index (χ0v) is 15.2. The quantitative estimate of drug-likeness (QED) is 0.791. The first-order valence-corrected chi connectivity index (χ1v) is 9.71. The Bertz CT molecular complexity index is 917. The van der Waals surface area contributed by atoms with Crippen LogP contribution in [-0.2, 0) is 14.8 Å². The van der Waals surface area contributed by atoms with Gasteiger partial charge in [-0.05, 0) is 42.3 Å². The number of sulfonamides is 1. The molecule has 26 heavy (non-hydrogen) atoms. The van der Waals surface area contributed by atoms with E-state index in [9.17, 15) is 13.2 Å². The van der Waals surface area contributed by atoms with Crippen molar-refractivity contribution in [3.8, 4) is 5.75 Å². The Balaban J connectivity index is 1.72. The molecule has 0 bridgehead atoms. The number of hydrogen-bond donors (Lipinski definition) is 1. The van der Waals surface area contributed by atoms with Crippen molar-refractivity contribution < 1.29 is 17.9 Å². The molecule has 2 aromatic rings. The van der Waals surface area contributed by atoms with Crippen LogP contribution in [0.3, 0.4) is 0 Å². The average Bonchev–Trinajstić information content (AvgIpc) is 2.59. The Hall–Kier alpha value is -2.80. The molecule has 0 unspecified atom stereocenters. The summed E-state index contributed by atoms with van der Waals surface area (Å²) in [4.78, 5) is 13.7. The molecule has 1 amide bonds. The summed E-state index contributed by atoms with van der Waals surface area (Å²) in [6.45, 7) is 1.60. The van der Waals surface area contributed by atoms with Crippen LogP contribution in [0.4, 0.5) is 5.69 Å². The minimum absolute atomic E-state index is 0.0224. The summed E-state index contributed by atoms with van der Waals surface area (Å²) in [6.07, 6.45) is 4.24. The molecule has 0 spiro atoms. The Morgan fingerprint density at radius 3 is 2.42 bits per heavy atom. The van der Waals surface area contributed by atoms with Crippen molar-refractivity contribution in [2.24, 2.45) is 0 Å². The van der Waals surface area contributed by atoms with Gasteiger partial charge < -0.3 is 9.64 Å². The first-order chi connectivity index (χ1) is 12.5. The molecule has 1 fully saturated rings. The van der Waals surface area contributed by atoms with Crippen LogP contribution in [0, 0.1) is 0 Å². The number of methoxy groups -OCH3 is 1. The minimum Gasteiger partial charge on any atom is -0.495 e. The van der Waals surface area contributed by atoms with E-state index < -0.39 is 10.0 Å². The standard InChI is InChI=1S/C19H20N2O4S/c1-25-18-6-3-2-5-17(18)20-26(23,24)16-10-7-15(8-11-16)9-12-19(22)21-13-4-14-21/h2-3,5-12,20H,4,13-14H2,1H3/b12-9+. The summed E-state index contributed by atoms with van der Waals surface area (Å²) in [7, 11) is -2.25. The van der Waals surface area contributed by atoms with Crippen molar-refractivity contribution in [2.45, 2.75) is 11.3 Å². The molecule has 3 rings (SSSR count). The van der Waals surface area contributed by atoms with Gasteiger partial charge >= 0.3 is 0 Å². The number of para-hydroxylation sites is 2. The number of nitrogens with zero attached hydrogens (tertiary/aromatic N) is 1. The van der Waals surface area contributed by atoms with Gasteiger partial charge in [0.2, 0.25) is 5.91 Å². The van der Waals surface area contributed by atoms with E-state index in [1.54, 1.807) is 47.4 Å². The third kappa shape index (κ3) is 4.05. The lowest BCUT2D eigenvalue weighted by Gasteiger charge is -2.29. The van der Waals surface area contributed by atoms with Gasteiger partial charge in [0.25, 0.3) is 10.0 Å². The Morgan fingerprint density at radius 2 is 1.81 bits per heavy atom. The Labute approximate surface area is 153 Å². The second-order valence-electron chi connectivity index (χ2n) is 5.89. The summed E-state index contributed by atoms with van der Waals surface area (Å²) < 4.78 is 32.8. The summed E-state index contributed by atoms with van der Waals surface area (Å²) in [5.41, 5.74) is 1.13. The van der Waals surface area contributed by atoms with E-state index in [4.69, 9.17) is 4.74 Å². The van der Waals surface area contributed by atoms with E-state index in [0.29, 0.717) is 11.4 Å². The fraction of sp³-hybridized carbons (Fsp3) is 0.211. The van der Waals surface area contributed by atoms with E-state index in [0.717, 1.165) is 25.1 Å². The van der Waals surface area contributed by atoms with Gasteiger partial charge in [-0.2, -0.15) is 0 Å². The van der Waals surface area contributed by atoms with E-state index in [1.165, 1.54) is 25.3 Å². The number of anilines is 1. The zero-order valence-electron chi connectivity index (χ0n) is 14.4. The molecule has 0 radical (unpaired) electrons. The Morgan fingerprint density at radius 1 is 1.12 bits per heavy atom. The first kappa shape index (κ1) is 18.0. The van der Waals surface area contributed by atoms with Crippen LogP contribution < -0.4 is 9.46 Å². The largest absolute Gasteiger partial charge is 0.495 e. The van der Waals surface area contributed by atoms with Crippen molar-refractivity contribution >= 4 is 27.7 Å². The fourth-order valence-corrected chi connectivity index (χ4v) is 3.57. The fourth-order valence-electron chi connectivity index (χ4n) is 2.50. The van der Waals surface area contributed by atoms with Crippen LogP contribution in [0.5, 0.6) is 5.75 Å². The Kier molecular flexibility index (Phi) is 5.27. The van der Waals surface area contributed by atoms with Gasteiger partial charge in [-0.3, -0.25) is 9.52 Å². The van der Waals surface area contributed by atoms with Crippen molar-refractivity contribution in [3.63, 3.8) is 0 Å². The van der Waals surface area contributed by atoms with Gasteiger partial charge in [0, 0.05) is 19.2 Å². The van der Waals surface area contributed by atoms with Crippen molar-refractivity contribution in [1.82, 2.24) is 4.90 Å². The van der Waals surface area contributed by atoms with Gasteiger partial charge in [-0.15, -0.1) is 0 Å². The second-order valence-corrected chi connectivity index (χ2v) is 7.57. The maximum atomic E-state index is 12.5. The predicted molar refractivity (Wildman–Crippen MR) is 100 cm³/mol. The third-order valence-electron chi connectivity index (χ3n) is 4.13. The summed E-state index contributed by atoms with van der Waals surface area (Å²) >= 11 is 0. The molecule has 1 saturated heterocycles. The number of ether oxygens (including phenoxy) is 1. The molecule has 7 heteroatoms. The van der Waals surface area contributed by atoms with E-state index in [-0.39, 0.29) is 10.8 Å². The number of hydrogen-bond acceptors (Lipinski definition) is 4. The number of amides is 1. The molecule has 1 heterocycles. The van der Waals surface area contributed by atoms with E-state index in [1.807, 2.05) is 0 Å². The summed E-state index contributed by atoms with van der Waals surface area (Å²) in [5, 5.41) is 0. The predicted octanol–water partition coefficient (Wildman–Crippen LogP) is 2.74. The van der Waals surface area contributed by atoms with Gasteiger partial charge in [0.1, 0.15) is 5.75 Å². The lowest BCUT2D eigenvalue weighted by Crippen LogP contribution is -2.40. The molecule has 0 aromatic heterocycles. The molecular weight excluding hydrogens is 352 g/mol. The summed E-state index contributed by atoms with van der Waals surface area (Å²) in [6, 6.07) is 13.1. The summed E-state index contributed by atoms with van der Waals surface area (Å²) in [5.74, 6) is 0.422. The van der Waals surface area contributed by atoms with Crippen molar-refractivity contribution in [1.29, 1.82) is 0 Å². The van der Waals surface area contributed by atoms with Crippen LogP contribution in [0.25, 0.3) is 6.08 Å². The highest BCUT2D eigenvalue weighted by molar-refractivity contribution is 7.92. The number of benzene rings is 2. The number of rotatable bonds is 6. The highest BCUT2D eigenvalue weighted by Crippen LogP contribution is 2.26. The third-order valence-corrected chi connectivity index (χ3v) is 5.51. The smallest absolute Gasteiger partial charge is 0.262 e. The topological polar surface area (TPSA) is 75.7 Å². The van der Waals surface area contributed by atoms with Gasteiger partial charge in [0.05, 0.1) is 17.7 Å². The SMILES string of the molecule is COc1ccccc1NS(=O)(=O)c1ccc(/C=C/C(=O)N2CCC2)cc1. The number of likely N-dealkylation sites (tertiary alicyclic amines) is 1. The molecule has 2 aromatic carbocycles. The second kappa shape index (κ2) is 7.61. The molecule has 136 valence electrons. The molecule has 6 nitrogen and oxygen atoms in total. The van der Waals surface area contributed by atoms with Crippen molar-refractivity contribution in [3.05, 3.63) is 60.2 Å².